The van der Waals surface area contributed by atoms with Gasteiger partial charge in [-0.25, -0.2) is 0 Å². The van der Waals surface area contributed by atoms with E-state index < -0.39 is 11.9 Å². The van der Waals surface area contributed by atoms with Gasteiger partial charge in [-0.3, -0.25) is 9.59 Å². The summed E-state index contributed by atoms with van der Waals surface area (Å²) in [5, 5.41) is 1.21. The van der Waals surface area contributed by atoms with Crippen LogP contribution >= 0.6 is 34.3 Å². The number of carbonyl (C=O) groups is 2. The second kappa shape index (κ2) is 7.98. The Hall–Kier alpha value is -2.68. The van der Waals surface area contributed by atoms with Crippen molar-refractivity contribution in [1.82, 2.24) is 4.57 Å². The number of ether oxygens (including phenoxy) is 2. The Labute approximate surface area is 178 Å². The highest BCUT2D eigenvalue weighted by atomic mass is 35.5. The van der Waals surface area contributed by atoms with Gasteiger partial charge in [-0.05, 0) is 24.3 Å². The van der Waals surface area contributed by atoms with Gasteiger partial charge in [-0.2, -0.15) is 4.99 Å². The zero-order valence-electron chi connectivity index (χ0n) is 15.5. The average Bonchev–Trinajstić information content (AvgIpc) is 3.25. The van der Waals surface area contributed by atoms with E-state index in [2.05, 4.69) is 4.99 Å². The summed E-state index contributed by atoms with van der Waals surface area (Å²) in [5.74, 6) is -0.211. The van der Waals surface area contributed by atoms with Crippen molar-refractivity contribution in [3.8, 4) is 5.75 Å². The molecular formula is C20H15ClN2O4S2. The lowest BCUT2D eigenvalue weighted by Crippen LogP contribution is -2.22. The van der Waals surface area contributed by atoms with Crippen LogP contribution in [-0.4, -0.2) is 30.7 Å². The largest absolute Gasteiger partial charge is 0.497 e. The third-order valence-electron chi connectivity index (χ3n) is 4.33. The highest BCUT2D eigenvalue weighted by Gasteiger charge is 2.18. The molecule has 2 aromatic carbocycles. The Morgan fingerprint density at radius 2 is 1.90 bits per heavy atom. The summed E-state index contributed by atoms with van der Waals surface area (Å²) < 4.78 is 13.5. The fraction of sp³-hybridized carbons (Fsp3) is 0.150. The minimum absolute atomic E-state index is 0.0604. The molecule has 0 aliphatic rings. The van der Waals surface area contributed by atoms with Crippen LogP contribution in [0, 0.1) is 0 Å². The molecule has 6 nitrogen and oxygen atoms in total. The molecule has 0 saturated carbocycles. The smallest absolute Gasteiger partial charge is 0.325 e. The van der Waals surface area contributed by atoms with Gasteiger partial charge >= 0.3 is 5.97 Å². The zero-order chi connectivity index (χ0) is 20.5. The van der Waals surface area contributed by atoms with Crippen LogP contribution < -0.4 is 9.54 Å². The molecule has 4 aromatic rings. The maximum Gasteiger partial charge on any atom is 0.325 e. The minimum Gasteiger partial charge on any atom is -0.497 e. The van der Waals surface area contributed by atoms with Gasteiger partial charge in [-0.1, -0.05) is 41.1 Å². The SMILES string of the molecule is COC(=O)Cn1c(=NC(=O)c2sc3ccccc3c2Cl)sc2cc(OC)ccc21. The number of rotatable bonds is 4. The minimum atomic E-state index is -0.451. The average molecular weight is 447 g/mol. The molecule has 29 heavy (non-hydrogen) atoms. The number of aromatic nitrogens is 1. The Balaban J connectivity index is 1.87. The Bertz CT molecular complexity index is 1320. The molecule has 4 rings (SSSR count). The molecule has 0 fully saturated rings. The number of amides is 1. The van der Waals surface area contributed by atoms with E-state index in [0.717, 1.165) is 20.3 Å². The standard InChI is InChI=1S/C20H15ClN2O4S2/c1-26-11-7-8-13-15(9-11)29-20(23(13)10-16(24)27-2)22-19(25)18-17(21)12-5-3-4-6-14(12)28-18/h3-9H,10H2,1-2H3. The highest BCUT2D eigenvalue weighted by molar-refractivity contribution is 7.21. The molecule has 0 radical (unpaired) electrons. The van der Waals surface area contributed by atoms with Crippen molar-refractivity contribution in [1.29, 1.82) is 0 Å². The number of hydrogen-bond acceptors (Lipinski definition) is 6. The van der Waals surface area contributed by atoms with E-state index in [0.29, 0.717) is 20.5 Å². The van der Waals surface area contributed by atoms with Crippen LogP contribution in [0.5, 0.6) is 5.75 Å². The Morgan fingerprint density at radius 3 is 2.62 bits per heavy atom. The zero-order valence-corrected chi connectivity index (χ0v) is 17.9. The number of thiophene rings is 1. The van der Waals surface area contributed by atoms with Crippen LogP contribution in [0.15, 0.2) is 47.5 Å². The third kappa shape index (κ3) is 3.66. The molecule has 0 N–H and O–H groups in total. The molecular weight excluding hydrogens is 432 g/mol. The number of hydrogen-bond donors (Lipinski definition) is 0. The van der Waals surface area contributed by atoms with Gasteiger partial charge in [0, 0.05) is 10.1 Å². The number of carbonyl (C=O) groups excluding carboxylic acids is 2. The first-order chi connectivity index (χ1) is 14.0. The van der Waals surface area contributed by atoms with Gasteiger partial charge in [0.15, 0.2) is 4.80 Å². The van der Waals surface area contributed by atoms with E-state index in [4.69, 9.17) is 21.1 Å². The number of fused-ring (bicyclic) bond motifs is 2. The van der Waals surface area contributed by atoms with Crippen molar-refractivity contribution >= 4 is 66.5 Å². The van der Waals surface area contributed by atoms with Gasteiger partial charge in [0.25, 0.3) is 5.91 Å². The third-order valence-corrected chi connectivity index (χ3v) is 7.04. The van der Waals surface area contributed by atoms with Gasteiger partial charge in [-0.15, -0.1) is 11.3 Å². The topological polar surface area (TPSA) is 69.9 Å². The summed E-state index contributed by atoms with van der Waals surface area (Å²) in [6.07, 6.45) is 0. The molecule has 2 heterocycles. The van der Waals surface area contributed by atoms with Crippen LogP contribution in [0.2, 0.25) is 5.02 Å². The van der Waals surface area contributed by atoms with Crippen molar-refractivity contribution in [2.24, 2.45) is 4.99 Å². The molecule has 0 aliphatic heterocycles. The number of methoxy groups -OCH3 is 2. The summed E-state index contributed by atoms with van der Waals surface area (Å²) >= 11 is 9.01. The normalized spacial score (nSPS) is 11.9. The molecule has 9 heteroatoms. The maximum absolute atomic E-state index is 12.9. The van der Waals surface area contributed by atoms with Crippen molar-refractivity contribution in [2.75, 3.05) is 14.2 Å². The summed E-state index contributed by atoms with van der Waals surface area (Å²) in [7, 11) is 2.90. The quantitative estimate of drug-likeness (QED) is 0.433. The van der Waals surface area contributed by atoms with Crippen LogP contribution in [0.3, 0.4) is 0 Å². The molecule has 148 valence electrons. The van der Waals surface area contributed by atoms with Crippen LogP contribution in [0.4, 0.5) is 0 Å². The molecule has 1 amide bonds. The van der Waals surface area contributed by atoms with Crippen molar-refractivity contribution in [2.45, 2.75) is 6.54 Å². The molecule has 0 aliphatic carbocycles. The highest BCUT2D eigenvalue weighted by Crippen LogP contribution is 2.35. The van der Waals surface area contributed by atoms with Gasteiger partial charge < -0.3 is 14.0 Å². The van der Waals surface area contributed by atoms with E-state index in [9.17, 15) is 9.59 Å². The predicted molar refractivity (Wildman–Crippen MR) is 115 cm³/mol. The first-order valence-electron chi connectivity index (χ1n) is 8.52. The van der Waals surface area contributed by atoms with Gasteiger partial charge in [0.05, 0.1) is 29.5 Å². The van der Waals surface area contributed by atoms with E-state index >= 15 is 0 Å². The van der Waals surface area contributed by atoms with Crippen LogP contribution in [-0.2, 0) is 16.1 Å². The molecule has 0 spiro atoms. The lowest BCUT2D eigenvalue weighted by Gasteiger charge is -2.04. The lowest BCUT2D eigenvalue weighted by molar-refractivity contribution is -0.141. The molecule has 0 saturated heterocycles. The number of halogens is 1. The molecule has 0 unspecified atom stereocenters. The summed E-state index contributed by atoms with van der Waals surface area (Å²) in [6, 6.07) is 13.0. The fourth-order valence-electron chi connectivity index (χ4n) is 2.90. The van der Waals surface area contributed by atoms with Gasteiger partial charge in [0.1, 0.15) is 17.2 Å². The second-order valence-corrected chi connectivity index (χ2v) is 8.48. The van der Waals surface area contributed by atoms with Crippen LogP contribution in [0.1, 0.15) is 9.67 Å². The number of thiazole rings is 1. The maximum atomic E-state index is 12.9. The van der Waals surface area contributed by atoms with E-state index in [1.165, 1.54) is 29.8 Å². The second-order valence-electron chi connectivity index (χ2n) is 6.04. The first-order valence-corrected chi connectivity index (χ1v) is 10.5. The molecule has 2 aromatic heterocycles. The van der Waals surface area contributed by atoms with E-state index in [1.54, 1.807) is 17.7 Å². The summed E-state index contributed by atoms with van der Waals surface area (Å²) in [4.78, 5) is 29.9. The Morgan fingerprint density at radius 1 is 1.10 bits per heavy atom. The summed E-state index contributed by atoms with van der Waals surface area (Å²) in [5.41, 5.74) is 0.759. The van der Waals surface area contributed by atoms with Crippen LogP contribution in [0.25, 0.3) is 20.3 Å². The number of benzene rings is 2. The predicted octanol–water partition coefficient (Wildman–Crippen LogP) is 4.49. The van der Waals surface area contributed by atoms with Gasteiger partial charge in [0.2, 0.25) is 0 Å². The van der Waals surface area contributed by atoms with Crippen molar-refractivity contribution < 1.29 is 19.1 Å². The first kappa shape index (κ1) is 19.6. The lowest BCUT2D eigenvalue weighted by atomic mass is 10.2. The fourth-order valence-corrected chi connectivity index (χ4v) is 5.35. The van der Waals surface area contributed by atoms with Crippen molar-refractivity contribution in [3.05, 3.63) is 57.2 Å². The summed E-state index contributed by atoms with van der Waals surface area (Å²) in [6.45, 7) is -0.0604. The van der Waals surface area contributed by atoms with Crippen molar-refractivity contribution in [3.63, 3.8) is 0 Å². The van der Waals surface area contributed by atoms with E-state index in [-0.39, 0.29) is 6.54 Å². The molecule has 0 atom stereocenters. The Kier molecular flexibility index (Phi) is 5.40. The number of esters is 1. The van der Waals surface area contributed by atoms with E-state index in [1.807, 2.05) is 36.4 Å². The monoisotopic (exact) mass is 446 g/mol. The number of nitrogens with zero attached hydrogens (tertiary/aromatic N) is 2. The molecule has 0 bridgehead atoms.